The van der Waals surface area contributed by atoms with Crippen molar-refractivity contribution in [3.8, 4) is 0 Å². The number of Topliss-reactive ketones (excluding diaryl/α,β-unsaturated/α-hetero) is 1. The molecular weight excluding hydrogens is 268 g/mol. The SMILES string of the molecule is Cn1ccc(C(=O)Cn2ncc(N3CCCC3)cc2=O)c1. The minimum atomic E-state index is -0.233. The monoisotopic (exact) mass is 286 g/mol. The highest BCUT2D eigenvalue weighted by molar-refractivity contribution is 5.95. The van der Waals surface area contributed by atoms with Gasteiger partial charge in [-0.2, -0.15) is 5.10 Å². The van der Waals surface area contributed by atoms with Crippen LogP contribution in [0.2, 0.25) is 0 Å². The maximum absolute atomic E-state index is 12.1. The van der Waals surface area contributed by atoms with E-state index < -0.39 is 0 Å². The van der Waals surface area contributed by atoms with Crippen molar-refractivity contribution in [3.05, 3.63) is 46.6 Å². The lowest BCUT2D eigenvalue weighted by Gasteiger charge is -2.16. The Morgan fingerprint density at radius 1 is 1.33 bits per heavy atom. The van der Waals surface area contributed by atoms with E-state index in [9.17, 15) is 9.59 Å². The van der Waals surface area contributed by atoms with Crippen LogP contribution >= 0.6 is 0 Å². The molecule has 0 saturated carbocycles. The molecule has 1 fully saturated rings. The van der Waals surface area contributed by atoms with Crippen LogP contribution in [0.15, 0.2) is 35.5 Å². The van der Waals surface area contributed by atoms with Crippen LogP contribution in [0.3, 0.4) is 0 Å². The molecule has 0 bridgehead atoms. The molecule has 110 valence electrons. The summed E-state index contributed by atoms with van der Waals surface area (Å²) < 4.78 is 3.02. The summed E-state index contributed by atoms with van der Waals surface area (Å²) in [7, 11) is 1.85. The Morgan fingerprint density at radius 2 is 2.10 bits per heavy atom. The molecule has 0 radical (unpaired) electrons. The molecule has 0 atom stereocenters. The van der Waals surface area contributed by atoms with E-state index >= 15 is 0 Å². The first kappa shape index (κ1) is 13.6. The van der Waals surface area contributed by atoms with Crippen molar-refractivity contribution in [1.82, 2.24) is 14.3 Å². The smallest absolute Gasteiger partial charge is 0.269 e. The Kier molecular flexibility index (Phi) is 3.60. The van der Waals surface area contributed by atoms with Crippen LogP contribution in [0.5, 0.6) is 0 Å². The summed E-state index contributed by atoms with van der Waals surface area (Å²) in [5.41, 5.74) is 1.21. The largest absolute Gasteiger partial charge is 0.370 e. The number of anilines is 1. The molecule has 0 spiro atoms. The van der Waals surface area contributed by atoms with E-state index in [2.05, 4.69) is 10.00 Å². The second-order valence-corrected chi connectivity index (χ2v) is 5.39. The minimum absolute atomic E-state index is 0.0247. The van der Waals surface area contributed by atoms with Crippen molar-refractivity contribution in [2.75, 3.05) is 18.0 Å². The van der Waals surface area contributed by atoms with Crippen molar-refractivity contribution in [3.63, 3.8) is 0 Å². The minimum Gasteiger partial charge on any atom is -0.370 e. The van der Waals surface area contributed by atoms with Gasteiger partial charge in [0.25, 0.3) is 5.56 Å². The molecular formula is C15H18N4O2. The lowest BCUT2D eigenvalue weighted by molar-refractivity contribution is 0.0965. The Bertz CT molecular complexity index is 710. The van der Waals surface area contributed by atoms with E-state index in [4.69, 9.17) is 0 Å². The lowest BCUT2D eigenvalue weighted by Crippen LogP contribution is -2.28. The van der Waals surface area contributed by atoms with Crippen LogP contribution in [0, 0.1) is 0 Å². The van der Waals surface area contributed by atoms with Crippen molar-refractivity contribution >= 4 is 11.5 Å². The highest BCUT2D eigenvalue weighted by atomic mass is 16.1. The Labute approximate surface area is 122 Å². The first-order valence-electron chi connectivity index (χ1n) is 7.11. The van der Waals surface area contributed by atoms with Crippen LogP contribution in [-0.4, -0.2) is 33.2 Å². The van der Waals surface area contributed by atoms with Crippen molar-refractivity contribution in [2.45, 2.75) is 19.4 Å². The fourth-order valence-corrected chi connectivity index (χ4v) is 2.59. The van der Waals surface area contributed by atoms with Gasteiger partial charge in [-0.1, -0.05) is 0 Å². The molecule has 0 aliphatic carbocycles. The maximum Gasteiger partial charge on any atom is 0.269 e. The summed E-state index contributed by atoms with van der Waals surface area (Å²) in [6.45, 7) is 1.91. The zero-order valence-electron chi connectivity index (χ0n) is 12.0. The lowest BCUT2D eigenvalue weighted by atomic mass is 10.2. The summed E-state index contributed by atoms with van der Waals surface area (Å²) in [6.07, 6.45) is 7.52. The van der Waals surface area contributed by atoms with Crippen LogP contribution < -0.4 is 10.5 Å². The summed E-state index contributed by atoms with van der Waals surface area (Å²) in [5, 5.41) is 4.13. The number of hydrogen-bond donors (Lipinski definition) is 0. The molecule has 1 aliphatic heterocycles. The van der Waals surface area contributed by atoms with Gasteiger partial charge in [-0.15, -0.1) is 0 Å². The fourth-order valence-electron chi connectivity index (χ4n) is 2.59. The Balaban J connectivity index is 1.77. The quantitative estimate of drug-likeness (QED) is 0.789. The van der Waals surface area contributed by atoms with Gasteiger partial charge in [0, 0.05) is 44.2 Å². The number of nitrogens with zero attached hydrogens (tertiary/aromatic N) is 4. The average Bonchev–Trinajstić information content (AvgIpc) is 3.12. The van der Waals surface area contributed by atoms with Gasteiger partial charge in [-0.05, 0) is 18.9 Å². The third-order valence-corrected chi connectivity index (χ3v) is 3.77. The van der Waals surface area contributed by atoms with Crippen molar-refractivity contribution < 1.29 is 4.79 Å². The van der Waals surface area contributed by atoms with Crippen LogP contribution in [0.4, 0.5) is 5.69 Å². The topological polar surface area (TPSA) is 60.1 Å². The number of aryl methyl sites for hydroxylation is 1. The summed E-state index contributed by atoms with van der Waals surface area (Å²) in [6, 6.07) is 3.31. The van der Waals surface area contributed by atoms with Gasteiger partial charge in [-0.3, -0.25) is 9.59 Å². The molecule has 6 nitrogen and oxygen atoms in total. The number of rotatable bonds is 4. The molecule has 1 aliphatic rings. The normalized spacial score (nSPS) is 14.6. The molecule has 0 amide bonds. The molecule has 21 heavy (non-hydrogen) atoms. The summed E-state index contributed by atoms with van der Waals surface area (Å²) >= 11 is 0. The molecule has 3 rings (SSSR count). The summed E-state index contributed by atoms with van der Waals surface area (Å²) in [5.74, 6) is -0.112. The van der Waals surface area contributed by atoms with E-state index in [1.165, 1.54) is 4.68 Å². The van der Waals surface area contributed by atoms with Gasteiger partial charge in [0.2, 0.25) is 0 Å². The van der Waals surface area contributed by atoms with Gasteiger partial charge < -0.3 is 9.47 Å². The average molecular weight is 286 g/mol. The maximum atomic E-state index is 12.1. The second-order valence-electron chi connectivity index (χ2n) is 5.39. The molecule has 1 saturated heterocycles. The van der Waals surface area contributed by atoms with Crippen LogP contribution in [0.25, 0.3) is 0 Å². The first-order valence-corrected chi connectivity index (χ1v) is 7.11. The Hall–Kier alpha value is -2.37. The van der Waals surface area contributed by atoms with E-state index in [0.717, 1.165) is 31.6 Å². The highest BCUT2D eigenvalue weighted by Gasteiger charge is 2.15. The van der Waals surface area contributed by atoms with E-state index in [0.29, 0.717) is 5.56 Å². The number of ketones is 1. The van der Waals surface area contributed by atoms with E-state index in [1.807, 2.05) is 7.05 Å². The molecule has 0 aromatic carbocycles. The molecule has 3 heterocycles. The number of carbonyl (C=O) groups excluding carboxylic acids is 1. The fraction of sp³-hybridized carbons (Fsp3) is 0.400. The van der Waals surface area contributed by atoms with Gasteiger partial charge >= 0.3 is 0 Å². The van der Waals surface area contributed by atoms with Gasteiger partial charge in [0.15, 0.2) is 5.78 Å². The standard InChI is InChI=1S/C15H18N4O2/c1-17-7-4-12(10-17)14(20)11-19-15(21)8-13(9-16-19)18-5-2-3-6-18/h4,7-10H,2-3,5-6,11H2,1H3. The van der Waals surface area contributed by atoms with Gasteiger partial charge in [-0.25, -0.2) is 4.68 Å². The Morgan fingerprint density at radius 3 is 2.71 bits per heavy atom. The first-order chi connectivity index (χ1) is 10.1. The summed E-state index contributed by atoms with van der Waals surface area (Å²) in [4.78, 5) is 26.3. The second kappa shape index (κ2) is 5.55. The molecule has 0 N–H and O–H groups in total. The van der Waals surface area contributed by atoms with E-state index in [1.54, 1.807) is 35.3 Å². The number of aromatic nitrogens is 3. The predicted octanol–water partition coefficient (Wildman–Crippen LogP) is 1.06. The molecule has 2 aromatic heterocycles. The third-order valence-electron chi connectivity index (χ3n) is 3.77. The number of hydrogen-bond acceptors (Lipinski definition) is 4. The van der Waals surface area contributed by atoms with E-state index in [-0.39, 0.29) is 17.9 Å². The van der Waals surface area contributed by atoms with Crippen molar-refractivity contribution in [2.24, 2.45) is 7.05 Å². The molecule has 2 aromatic rings. The van der Waals surface area contributed by atoms with Gasteiger partial charge in [0.1, 0.15) is 6.54 Å². The van der Waals surface area contributed by atoms with Crippen LogP contribution in [0.1, 0.15) is 23.2 Å². The van der Waals surface area contributed by atoms with Gasteiger partial charge in [0.05, 0.1) is 11.9 Å². The van der Waals surface area contributed by atoms with Crippen molar-refractivity contribution in [1.29, 1.82) is 0 Å². The highest BCUT2D eigenvalue weighted by Crippen LogP contribution is 2.16. The molecule has 6 heteroatoms. The zero-order chi connectivity index (χ0) is 14.8. The predicted molar refractivity (Wildman–Crippen MR) is 79.7 cm³/mol. The number of carbonyl (C=O) groups is 1. The van der Waals surface area contributed by atoms with Crippen LogP contribution in [-0.2, 0) is 13.6 Å². The third kappa shape index (κ3) is 2.89. The molecule has 0 unspecified atom stereocenters. The zero-order valence-corrected chi connectivity index (χ0v) is 12.0.